The fourth-order valence-electron chi connectivity index (χ4n) is 3.90. The molecule has 180 valence electrons. The van der Waals surface area contributed by atoms with Gasteiger partial charge in [-0.3, -0.25) is 0 Å². The molecular weight excluding hydrogens is 430 g/mol. The fourth-order valence-corrected chi connectivity index (χ4v) is 3.90. The Labute approximate surface area is 200 Å². The third kappa shape index (κ3) is 5.68. The topological polar surface area (TPSA) is 77.8 Å². The van der Waals surface area contributed by atoms with Gasteiger partial charge in [-0.15, -0.1) is 0 Å². The van der Waals surface area contributed by atoms with Gasteiger partial charge in [-0.1, -0.05) is 12.1 Å². The number of hydrogen-bond acceptors (Lipinski definition) is 4. The summed E-state index contributed by atoms with van der Waals surface area (Å²) in [5.74, 6) is -0.781. The molecule has 0 amide bonds. The van der Waals surface area contributed by atoms with Crippen LogP contribution in [-0.2, 0) is 16.0 Å². The lowest BCUT2D eigenvalue weighted by Crippen LogP contribution is -2.24. The Hall–Kier alpha value is -3.54. The number of fused-ring (bicyclic) bond motifs is 1. The number of methoxy groups -OCH3 is 1. The van der Waals surface area contributed by atoms with Gasteiger partial charge in [-0.25, -0.2) is 9.59 Å². The monoisotopic (exact) mass is 463 g/mol. The van der Waals surface area contributed by atoms with E-state index in [2.05, 4.69) is 36.7 Å². The highest BCUT2D eigenvalue weighted by molar-refractivity contribution is 5.95. The zero-order valence-corrected chi connectivity index (χ0v) is 20.9. The Kier molecular flexibility index (Phi) is 7.20. The number of rotatable bonds is 7. The van der Waals surface area contributed by atoms with Crippen LogP contribution in [0, 0.1) is 0 Å². The summed E-state index contributed by atoms with van der Waals surface area (Å²) in [6.07, 6.45) is 4.55. The van der Waals surface area contributed by atoms with E-state index in [4.69, 9.17) is 9.47 Å². The zero-order chi connectivity index (χ0) is 25.2. The van der Waals surface area contributed by atoms with Crippen molar-refractivity contribution < 1.29 is 24.2 Å². The number of carboxylic acid groups (broad SMARTS) is 1. The van der Waals surface area contributed by atoms with Gasteiger partial charge < -0.3 is 19.1 Å². The molecule has 6 nitrogen and oxygen atoms in total. The van der Waals surface area contributed by atoms with Crippen molar-refractivity contribution in [2.24, 2.45) is 0 Å². The van der Waals surface area contributed by atoms with Crippen molar-refractivity contribution in [2.75, 3.05) is 7.11 Å². The number of carbonyl (C=O) groups is 2. The molecule has 0 aliphatic carbocycles. The largest absolute Gasteiger partial charge is 0.496 e. The van der Waals surface area contributed by atoms with Crippen LogP contribution in [0.5, 0.6) is 5.75 Å². The molecule has 3 rings (SSSR count). The Morgan fingerprint density at radius 1 is 1.09 bits per heavy atom. The number of carbonyl (C=O) groups excluding carboxylic acids is 1. The minimum atomic E-state index is -0.988. The van der Waals surface area contributed by atoms with Crippen molar-refractivity contribution in [3.8, 4) is 5.75 Å². The van der Waals surface area contributed by atoms with Crippen LogP contribution >= 0.6 is 0 Å². The van der Waals surface area contributed by atoms with E-state index in [-0.39, 0.29) is 17.6 Å². The normalized spacial score (nSPS) is 12.3. The first kappa shape index (κ1) is 25.1. The van der Waals surface area contributed by atoms with Crippen LogP contribution in [0.15, 0.2) is 48.2 Å². The minimum Gasteiger partial charge on any atom is -0.496 e. The molecule has 0 saturated carbocycles. The highest BCUT2D eigenvalue weighted by Gasteiger charge is 2.18. The van der Waals surface area contributed by atoms with E-state index in [0.717, 1.165) is 27.6 Å². The maximum atomic E-state index is 12.4. The van der Waals surface area contributed by atoms with E-state index in [1.54, 1.807) is 32.2 Å². The third-order valence-corrected chi connectivity index (χ3v) is 5.51. The summed E-state index contributed by atoms with van der Waals surface area (Å²) in [5, 5.41) is 10.4. The SMILES string of the molecule is COc1cc(C(=O)O)ccc1Cc1cn(C(C)C)c2ccc(/C=C(/C)C(=O)OC(C)(C)C)cc12. The zero-order valence-electron chi connectivity index (χ0n) is 20.9. The molecule has 0 spiro atoms. The molecule has 2 aromatic carbocycles. The Morgan fingerprint density at radius 3 is 2.38 bits per heavy atom. The second kappa shape index (κ2) is 9.75. The molecular formula is C28H33NO5. The summed E-state index contributed by atoms with van der Waals surface area (Å²) >= 11 is 0. The van der Waals surface area contributed by atoms with Crippen LogP contribution in [0.1, 0.15) is 74.6 Å². The lowest BCUT2D eigenvalue weighted by atomic mass is 10.0. The number of benzene rings is 2. The molecule has 0 aliphatic rings. The van der Waals surface area contributed by atoms with Gasteiger partial charge in [0, 0.05) is 35.1 Å². The average molecular weight is 464 g/mol. The average Bonchev–Trinajstić information content (AvgIpc) is 3.10. The minimum absolute atomic E-state index is 0.190. The van der Waals surface area contributed by atoms with E-state index in [9.17, 15) is 14.7 Å². The van der Waals surface area contributed by atoms with Crippen molar-refractivity contribution in [2.45, 2.75) is 59.6 Å². The van der Waals surface area contributed by atoms with Gasteiger partial charge in [0.25, 0.3) is 0 Å². The first-order chi connectivity index (χ1) is 15.9. The third-order valence-electron chi connectivity index (χ3n) is 5.51. The molecule has 0 bridgehead atoms. The first-order valence-electron chi connectivity index (χ1n) is 11.3. The molecule has 0 saturated heterocycles. The van der Waals surface area contributed by atoms with Crippen molar-refractivity contribution in [1.82, 2.24) is 4.57 Å². The molecule has 1 heterocycles. The maximum Gasteiger partial charge on any atom is 0.335 e. The van der Waals surface area contributed by atoms with Crippen LogP contribution in [0.25, 0.3) is 17.0 Å². The molecule has 1 N–H and O–H groups in total. The van der Waals surface area contributed by atoms with E-state index in [0.29, 0.717) is 17.7 Å². The molecule has 34 heavy (non-hydrogen) atoms. The number of ether oxygens (including phenoxy) is 2. The number of esters is 1. The summed E-state index contributed by atoms with van der Waals surface area (Å²) in [6, 6.07) is 11.4. The Morgan fingerprint density at radius 2 is 1.79 bits per heavy atom. The van der Waals surface area contributed by atoms with Gasteiger partial charge in [0.05, 0.1) is 12.7 Å². The summed E-state index contributed by atoms with van der Waals surface area (Å²) in [7, 11) is 1.55. The summed E-state index contributed by atoms with van der Waals surface area (Å²) in [5.41, 5.74) is 4.18. The maximum absolute atomic E-state index is 12.4. The van der Waals surface area contributed by atoms with Gasteiger partial charge in [0.15, 0.2) is 0 Å². The summed E-state index contributed by atoms with van der Waals surface area (Å²) in [6.45, 7) is 11.6. The van der Waals surface area contributed by atoms with Gasteiger partial charge >= 0.3 is 11.9 Å². The number of aromatic carboxylic acids is 1. The standard InChI is InChI=1S/C28H33NO5/c1-17(2)29-16-22(14-20-9-10-21(26(30)31)15-25(20)33-7)23-13-19(8-11-24(23)29)12-18(3)27(32)34-28(4,5)6/h8-13,15-17H,14H2,1-7H3,(H,30,31)/b18-12-. The van der Waals surface area contributed by atoms with E-state index in [1.807, 2.05) is 32.9 Å². The highest BCUT2D eigenvalue weighted by Crippen LogP contribution is 2.31. The van der Waals surface area contributed by atoms with Gasteiger partial charge in [-0.2, -0.15) is 0 Å². The molecule has 3 aromatic rings. The second-order valence-corrected chi connectivity index (χ2v) is 9.77. The van der Waals surface area contributed by atoms with Crippen molar-refractivity contribution in [3.63, 3.8) is 0 Å². The lowest BCUT2D eigenvalue weighted by Gasteiger charge is -2.19. The first-order valence-corrected chi connectivity index (χ1v) is 11.3. The summed E-state index contributed by atoms with van der Waals surface area (Å²) < 4.78 is 13.2. The van der Waals surface area contributed by atoms with Crippen LogP contribution in [-0.4, -0.2) is 34.3 Å². The molecule has 0 fully saturated rings. The Balaban J connectivity index is 2.05. The van der Waals surface area contributed by atoms with Gasteiger partial charge in [0.1, 0.15) is 11.4 Å². The molecule has 0 unspecified atom stereocenters. The van der Waals surface area contributed by atoms with Gasteiger partial charge in [0.2, 0.25) is 0 Å². The molecule has 1 aromatic heterocycles. The van der Waals surface area contributed by atoms with Crippen molar-refractivity contribution in [1.29, 1.82) is 0 Å². The van der Waals surface area contributed by atoms with Crippen LogP contribution < -0.4 is 4.74 Å². The van der Waals surface area contributed by atoms with Crippen LogP contribution in [0.3, 0.4) is 0 Å². The smallest absolute Gasteiger partial charge is 0.335 e. The van der Waals surface area contributed by atoms with Crippen molar-refractivity contribution in [3.05, 3.63) is 70.4 Å². The van der Waals surface area contributed by atoms with Gasteiger partial charge in [-0.05, 0) is 88.6 Å². The predicted octanol–water partition coefficient (Wildman–Crippen LogP) is 6.26. The van der Waals surface area contributed by atoms with E-state index >= 15 is 0 Å². The van der Waals surface area contributed by atoms with E-state index < -0.39 is 11.6 Å². The van der Waals surface area contributed by atoms with Crippen LogP contribution in [0.4, 0.5) is 0 Å². The highest BCUT2D eigenvalue weighted by atomic mass is 16.6. The molecule has 6 heteroatoms. The fraction of sp³-hybridized carbons (Fsp3) is 0.357. The number of hydrogen-bond donors (Lipinski definition) is 1. The second-order valence-electron chi connectivity index (χ2n) is 9.77. The van der Waals surface area contributed by atoms with E-state index in [1.165, 1.54) is 0 Å². The summed E-state index contributed by atoms with van der Waals surface area (Å²) in [4.78, 5) is 23.8. The lowest BCUT2D eigenvalue weighted by molar-refractivity contribution is -0.149. The number of aromatic nitrogens is 1. The molecule has 0 radical (unpaired) electrons. The van der Waals surface area contributed by atoms with Crippen molar-refractivity contribution >= 4 is 28.9 Å². The molecule has 0 atom stereocenters. The van der Waals surface area contributed by atoms with Crippen LogP contribution in [0.2, 0.25) is 0 Å². The predicted molar refractivity (Wildman–Crippen MR) is 135 cm³/mol. The number of nitrogens with zero attached hydrogens (tertiary/aromatic N) is 1. The number of carboxylic acids is 1. The molecule has 0 aliphatic heterocycles. The Bertz CT molecular complexity index is 1260. The quantitative estimate of drug-likeness (QED) is 0.330.